The molecule has 0 fully saturated rings. The fourth-order valence-corrected chi connectivity index (χ4v) is 2.26. The Morgan fingerprint density at radius 3 is 2.75 bits per heavy atom. The zero-order valence-corrected chi connectivity index (χ0v) is 10.3. The van der Waals surface area contributed by atoms with Crippen LogP contribution in [0.3, 0.4) is 0 Å². The van der Waals surface area contributed by atoms with Crippen LogP contribution in [0.25, 0.3) is 0 Å². The summed E-state index contributed by atoms with van der Waals surface area (Å²) < 4.78 is 13.4. The maximum absolute atomic E-state index is 13.4. The Kier molecular flexibility index (Phi) is 3.66. The summed E-state index contributed by atoms with van der Waals surface area (Å²) in [4.78, 5) is 1.65. The first-order chi connectivity index (χ1) is 7.79. The standard InChI is InChI=1S/C13H9FS2/c1-15-13-7-5-10(9-12(13)14)4-6-11-3-2-8-16-11/h2-3,5,7-9H,1H3. The highest BCUT2D eigenvalue weighted by molar-refractivity contribution is 7.98. The number of thiophene rings is 1. The minimum Gasteiger partial charge on any atom is -0.206 e. The van der Waals surface area contributed by atoms with Crippen molar-refractivity contribution in [2.45, 2.75) is 4.90 Å². The Hall–Kier alpha value is -1.24. The number of hydrogen-bond acceptors (Lipinski definition) is 2. The second-order valence-corrected chi connectivity index (χ2v) is 4.87. The molecule has 0 saturated heterocycles. The van der Waals surface area contributed by atoms with Gasteiger partial charge in [-0.15, -0.1) is 23.1 Å². The molecule has 0 atom stereocenters. The molecule has 2 aromatic rings. The van der Waals surface area contributed by atoms with Gasteiger partial charge in [-0.2, -0.15) is 0 Å². The topological polar surface area (TPSA) is 0 Å². The largest absolute Gasteiger partial charge is 0.206 e. The average Bonchev–Trinajstić information content (AvgIpc) is 2.79. The van der Waals surface area contributed by atoms with Gasteiger partial charge in [0.25, 0.3) is 0 Å². The SMILES string of the molecule is CSc1ccc(C#Cc2cccs2)cc1F. The van der Waals surface area contributed by atoms with Gasteiger partial charge in [0.05, 0.1) is 4.88 Å². The molecule has 0 nitrogen and oxygen atoms in total. The van der Waals surface area contributed by atoms with E-state index in [-0.39, 0.29) is 5.82 Å². The lowest BCUT2D eigenvalue weighted by atomic mass is 10.2. The van der Waals surface area contributed by atoms with Crippen molar-refractivity contribution in [3.8, 4) is 11.8 Å². The smallest absolute Gasteiger partial charge is 0.137 e. The third kappa shape index (κ3) is 2.66. The van der Waals surface area contributed by atoms with Crippen molar-refractivity contribution >= 4 is 23.1 Å². The van der Waals surface area contributed by atoms with Crippen molar-refractivity contribution in [1.29, 1.82) is 0 Å². The maximum atomic E-state index is 13.4. The predicted molar refractivity (Wildman–Crippen MR) is 68.5 cm³/mol. The van der Waals surface area contributed by atoms with E-state index in [0.717, 1.165) is 4.88 Å². The Balaban J connectivity index is 2.26. The number of hydrogen-bond donors (Lipinski definition) is 0. The molecule has 0 spiro atoms. The van der Waals surface area contributed by atoms with Crippen LogP contribution in [-0.4, -0.2) is 6.26 Å². The Labute approximate surface area is 103 Å². The van der Waals surface area contributed by atoms with Crippen LogP contribution in [0, 0.1) is 17.7 Å². The average molecular weight is 248 g/mol. The first kappa shape index (κ1) is 11.3. The molecule has 1 heterocycles. The fraction of sp³-hybridized carbons (Fsp3) is 0.0769. The summed E-state index contributed by atoms with van der Waals surface area (Å²) in [7, 11) is 0. The van der Waals surface area contributed by atoms with Gasteiger partial charge >= 0.3 is 0 Å². The molecule has 0 saturated carbocycles. The molecule has 0 unspecified atom stereocenters. The van der Waals surface area contributed by atoms with Gasteiger partial charge in [-0.1, -0.05) is 17.9 Å². The van der Waals surface area contributed by atoms with Gasteiger partial charge < -0.3 is 0 Å². The van der Waals surface area contributed by atoms with Crippen LogP contribution in [0.5, 0.6) is 0 Å². The van der Waals surface area contributed by atoms with E-state index < -0.39 is 0 Å². The molecule has 16 heavy (non-hydrogen) atoms. The van der Waals surface area contributed by atoms with Crippen LogP contribution < -0.4 is 0 Å². The molecule has 0 aliphatic carbocycles. The van der Waals surface area contributed by atoms with Crippen LogP contribution >= 0.6 is 23.1 Å². The van der Waals surface area contributed by atoms with E-state index in [1.54, 1.807) is 17.4 Å². The minimum absolute atomic E-state index is 0.203. The zero-order chi connectivity index (χ0) is 11.4. The van der Waals surface area contributed by atoms with E-state index in [1.165, 1.54) is 17.8 Å². The summed E-state index contributed by atoms with van der Waals surface area (Å²) >= 11 is 2.98. The molecule has 0 amide bonds. The van der Waals surface area contributed by atoms with Crippen molar-refractivity contribution in [3.05, 3.63) is 52.0 Å². The highest BCUT2D eigenvalue weighted by Crippen LogP contribution is 2.19. The van der Waals surface area contributed by atoms with E-state index in [2.05, 4.69) is 11.8 Å². The summed E-state index contributed by atoms with van der Waals surface area (Å²) in [6.07, 6.45) is 1.86. The number of rotatable bonds is 1. The monoisotopic (exact) mass is 248 g/mol. The Morgan fingerprint density at radius 1 is 1.25 bits per heavy atom. The molecular weight excluding hydrogens is 239 g/mol. The Bertz CT molecular complexity index is 533. The molecule has 3 heteroatoms. The van der Waals surface area contributed by atoms with E-state index in [0.29, 0.717) is 10.5 Å². The summed E-state index contributed by atoms with van der Waals surface area (Å²) in [5, 5.41) is 1.97. The van der Waals surface area contributed by atoms with Crippen molar-refractivity contribution in [2.75, 3.05) is 6.26 Å². The quantitative estimate of drug-likeness (QED) is 0.543. The molecule has 0 N–H and O–H groups in total. The van der Waals surface area contributed by atoms with Crippen molar-refractivity contribution in [2.24, 2.45) is 0 Å². The van der Waals surface area contributed by atoms with E-state index >= 15 is 0 Å². The molecule has 80 valence electrons. The lowest BCUT2D eigenvalue weighted by Gasteiger charge is -1.98. The summed E-state index contributed by atoms with van der Waals surface area (Å²) in [6, 6.07) is 8.98. The number of thioether (sulfide) groups is 1. The lowest BCUT2D eigenvalue weighted by molar-refractivity contribution is 0.602. The molecular formula is C13H9FS2. The molecule has 0 radical (unpaired) electrons. The lowest BCUT2D eigenvalue weighted by Crippen LogP contribution is -1.82. The van der Waals surface area contributed by atoms with Crippen LogP contribution in [-0.2, 0) is 0 Å². The van der Waals surface area contributed by atoms with Crippen LogP contribution in [0.2, 0.25) is 0 Å². The predicted octanol–water partition coefficient (Wildman–Crippen LogP) is 4.01. The van der Waals surface area contributed by atoms with Crippen molar-refractivity contribution < 1.29 is 4.39 Å². The third-order valence-corrected chi connectivity index (χ3v) is 3.56. The van der Waals surface area contributed by atoms with Crippen LogP contribution in [0.15, 0.2) is 40.6 Å². The molecule has 2 rings (SSSR count). The van der Waals surface area contributed by atoms with E-state index in [4.69, 9.17) is 0 Å². The van der Waals surface area contributed by atoms with Crippen LogP contribution in [0.1, 0.15) is 10.4 Å². The second kappa shape index (κ2) is 5.20. The van der Waals surface area contributed by atoms with Crippen molar-refractivity contribution in [3.63, 3.8) is 0 Å². The van der Waals surface area contributed by atoms with Gasteiger partial charge in [0, 0.05) is 10.5 Å². The van der Waals surface area contributed by atoms with Gasteiger partial charge in [0.15, 0.2) is 0 Å². The zero-order valence-electron chi connectivity index (χ0n) is 8.66. The van der Waals surface area contributed by atoms with Gasteiger partial charge in [-0.05, 0) is 35.9 Å². The minimum atomic E-state index is -0.203. The summed E-state index contributed by atoms with van der Waals surface area (Å²) in [6.45, 7) is 0. The van der Waals surface area contributed by atoms with Gasteiger partial charge in [0.2, 0.25) is 0 Å². The first-order valence-corrected chi connectivity index (χ1v) is 6.79. The van der Waals surface area contributed by atoms with Gasteiger partial charge in [0.1, 0.15) is 5.82 Å². The first-order valence-electron chi connectivity index (χ1n) is 4.68. The fourth-order valence-electron chi connectivity index (χ4n) is 1.23. The summed E-state index contributed by atoms with van der Waals surface area (Å²) in [5.74, 6) is 5.75. The van der Waals surface area contributed by atoms with E-state index in [9.17, 15) is 4.39 Å². The highest BCUT2D eigenvalue weighted by Gasteiger charge is 2.00. The molecule has 1 aromatic carbocycles. The Morgan fingerprint density at radius 2 is 2.12 bits per heavy atom. The van der Waals surface area contributed by atoms with Crippen LogP contribution in [0.4, 0.5) is 4.39 Å². The van der Waals surface area contributed by atoms with E-state index in [1.807, 2.05) is 29.8 Å². The number of benzene rings is 1. The molecule has 1 aromatic heterocycles. The summed E-state index contributed by atoms with van der Waals surface area (Å²) in [5.41, 5.74) is 0.712. The maximum Gasteiger partial charge on any atom is 0.137 e. The molecule has 0 bridgehead atoms. The number of halogens is 1. The normalized spacial score (nSPS) is 9.62. The molecule has 0 aliphatic heterocycles. The van der Waals surface area contributed by atoms with Crippen molar-refractivity contribution in [1.82, 2.24) is 0 Å². The van der Waals surface area contributed by atoms with Gasteiger partial charge in [-0.25, -0.2) is 4.39 Å². The van der Waals surface area contributed by atoms with Gasteiger partial charge in [-0.3, -0.25) is 0 Å². The second-order valence-electron chi connectivity index (χ2n) is 3.08. The highest BCUT2D eigenvalue weighted by atomic mass is 32.2. The molecule has 0 aliphatic rings. The third-order valence-electron chi connectivity index (χ3n) is 2.00.